The van der Waals surface area contributed by atoms with Crippen molar-refractivity contribution in [2.24, 2.45) is 0 Å². The number of likely N-dealkylation sites (N-methyl/N-ethyl adjacent to an activating group) is 1. The van der Waals surface area contributed by atoms with Crippen LogP contribution in [0, 0.1) is 0 Å². The van der Waals surface area contributed by atoms with Gasteiger partial charge in [-0.1, -0.05) is 339 Å². The number of carbonyl (C=O) groups is 3. The van der Waals surface area contributed by atoms with Gasteiger partial charge >= 0.3 is 11.9 Å². The van der Waals surface area contributed by atoms with Crippen molar-refractivity contribution in [2.75, 3.05) is 47.5 Å². The van der Waals surface area contributed by atoms with Crippen molar-refractivity contribution < 1.29 is 42.9 Å². The summed E-state index contributed by atoms with van der Waals surface area (Å²) >= 11 is 0. The number of hydrogen-bond acceptors (Lipinski definition) is 8. The highest BCUT2D eigenvalue weighted by atomic mass is 16.7. The number of rotatable bonds is 69. The molecule has 0 fully saturated rings. The number of quaternary nitrogens is 1. The molecule has 0 radical (unpaired) electrons. The van der Waals surface area contributed by atoms with Gasteiger partial charge in [-0.3, -0.25) is 9.59 Å². The molecule has 0 rings (SSSR count). The van der Waals surface area contributed by atoms with Gasteiger partial charge in [-0.05, 0) is 51.4 Å². The van der Waals surface area contributed by atoms with E-state index in [1.165, 1.54) is 283 Å². The second kappa shape index (κ2) is 66.5. The number of hydrogen-bond donors (Lipinski definition) is 0. The van der Waals surface area contributed by atoms with E-state index in [0.717, 1.165) is 51.4 Å². The van der Waals surface area contributed by atoms with Crippen LogP contribution in [0.3, 0.4) is 0 Å². The molecule has 0 amide bonds. The summed E-state index contributed by atoms with van der Waals surface area (Å²) < 4.78 is 22.8. The Morgan fingerprint density at radius 1 is 0.357 bits per heavy atom. The van der Waals surface area contributed by atoms with Crippen LogP contribution in [0.2, 0.25) is 0 Å². The minimum absolute atomic E-state index is 0.149. The van der Waals surface area contributed by atoms with Gasteiger partial charge in [0.25, 0.3) is 0 Å². The Hall–Kier alpha value is -2.49. The van der Waals surface area contributed by atoms with Crippen molar-refractivity contribution in [3.8, 4) is 0 Å². The SMILES string of the molecule is CCCCCCC/C=C\C/C=C\C/C=C\CCCCCCCCCCCCC(=O)OC(COC(=O)CCCCCCCCCCCCCCCCCCCCCCCCCCCCCCCCCCCC)COC(OCC[N+](C)(C)C)C(=O)[O-]. The number of ether oxygens (including phenoxy) is 4. The van der Waals surface area contributed by atoms with Gasteiger partial charge in [0.1, 0.15) is 13.2 Å². The number of nitrogens with zero attached hydrogens (tertiary/aromatic N) is 1. The van der Waals surface area contributed by atoms with Crippen LogP contribution in [0.15, 0.2) is 36.5 Å². The predicted molar refractivity (Wildman–Crippen MR) is 357 cm³/mol. The molecule has 9 heteroatoms. The topological polar surface area (TPSA) is 111 Å². The van der Waals surface area contributed by atoms with Crippen molar-refractivity contribution in [3.63, 3.8) is 0 Å². The van der Waals surface area contributed by atoms with E-state index in [9.17, 15) is 19.5 Å². The van der Waals surface area contributed by atoms with Gasteiger partial charge in [-0.25, -0.2) is 0 Å². The average Bonchev–Trinajstić information content (AvgIpc) is 3.52. The molecule has 0 spiro atoms. The Kier molecular flexibility index (Phi) is 64.5. The molecular weight excluding hydrogens is 1040 g/mol. The first-order chi connectivity index (χ1) is 41.1. The Bertz CT molecular complexity index is 1470. The van der Waals surface area contributed by atoms with Crippen molar-refractivity contribution in [1.29, 1.82) is 0 Å². The van der Waals surface area contributed by atoms with Gasteiger partial charge in [0.2, 0.25) is 0 Å². The summed E-state index contributed by atoms with van der Waals surface area (Å²) in [6.07, 6.45) is 81.0. The monoisotopic (exact) mass is 1180 g/mol. The number of carboxylic acid groups (broad SMARTS) is 1. The van der Waals surface area contributed by atoms with Crippen molar-refractivity contribution in [1.82, 2.24) is 0 Å². The summed E-state index contributed by atoms with van der Waals surface area (Å²) in [4.78, 5) is 37.5. The van der Waals surface area contributed by atoms with Crippen molar-refractivity contribution >= 4 is 17.9 Å². The Morgan fingerprint density at radius 2 is 0.643 bits per heavy atom. The first-order valence-corrected chi connectivity index (χ1v) is 36.6. The van der Waals surface area contributed by atoms with E-state index < -0.39 is 24.3 Å². The third-order valence-corrected chi connectivity index (χ3v) is 16.6. The summed E-state index contributed by atoms with van der Waals surface area (Å²) in [5.41, 5.74) is 0. The van der Waals surface area contributed by atoms with Gasteiger partial charge < -0.3 is 33.3 Å². The Labute approximate surface area is 521 Å². The third kappa shape index (κ3) is 67.0. The second-order valence-corrected chi connectivity index (χ2v) is 26.2. The molecule has 0 aliphatic rings. The fraction of sp³-hybridized carbons (Fsp3) is 0.880. The lowest BCUT2D eigenvalue weighted by Gasteiger charge is -2.26. The molecule has 2 unspecified atom stereocenters. The van der Waals surface area contributed by atoms with Crippen LogP contribution in [-0.4, -0.2) is 82.3 Å². The zero-order valence-electron chi connectivity index (χ0n) is 56.6. The van der Waals surface area contributed by atoms with Gasteiger partial charge in [0, 0.05) is 12.8 Å². The van der Waals surface area contributed by atoms with E-state index in [4.69, 9.17) is 18.9 Å². The molecule has 0 bridgehead atoms. The molecule has 0 heterocycles. The molecule has 9 nitrogen and oxygen atoms in total. The molecule has 0 aromatic heterocycles. The molecule has 0 saturated carbocycles. The molecule has 0 aliphatic carbocycles. The second-order valence-electron chi connectivity index (χ2n) is 26.2. The molecule has 2 atom stereocenters. The molecule has 494 valence electrons. The average molecular weight is 1180 g/mol. The van der Waals surface area contributed by atoms with Crippen LogP contribution in [0.4, 0.5) is 0 Å². The van der Waals surface area contributed by atoms with Crippen molar-refractivity contribution in [2.45, 2.75) is 379 Å². The quantitative estimate of drug-likeness (QED) is 0.0195. The highest BCUT2D eigenvalue weighted by molar-refractivity contribution is 5.70. The number of carbonyl (C=O) groups excluding carboxylic acids is 3. The Morgan fingerprint density at radius 3 is 0.952 bits per heavy atom. The van der Waals surface area contributed by atoms with E-state index in [2.05, 4.69) is 50.3 Å². The molecule has 0 aromatic carbocycles. The molecular formula is C75H141NO8. The number of allylic oxidation sites excluding steroid dienone is 6. The van der Waals surface area contributed by atoms with Gasteiger partial charge in [-0.15, -0.1) is 0 Å². The number of esters is 2. The highest BCUT2D eigenvalue weighted by Crippen LogP contribution is 2.19. The van der Waals surface area contributed by atoms with Crippen LogP contribution in [0.1, 0.15) is 367 Å². The summed E-state index contributed by atoms with van der Waals surface area (Å²) in [6.45, 7) is 4.80. The molecule has 84 heavy (non-hydrogen) atoms. The normalized spacial score (nSPS) is 12.8. The van der Waals surface area contributed by atoms with E-state index in [0.29, 0.717) is 23.9 Å². The maximum absolute atomic E-state index is 12.9. The molecule has 0 aliphatic heterocycles. The van der Waals surface area contributed by atoms with Crippen LogP contribution in [-0.2, 0) is 33.3 Å². The van der Waals surface area contributed by atoms with Crippen LogP contribution in [0.25, 0.3) is 0 Å². The van der Waals surface area contributed by atoms with Gasteiger partial charge in [0.15, 0.2) is 12.4 Å². The van der Waals surface area contributed by atoms with Crippen molar-refractivity contribution in [3.05, 3.63) is 36.5 Å². The number of aliphatic carboxylic acids is 1. The summed E-state index contributed by atoms with van der Waals surface area (Å²) in [5.74, 6) is -2.26. The minimum atomic E-state index is -1.62. The minimum Gasteiger partial charge on any atom is -0.545 e. The fourth-order valence-electron chi connectivity index (χ4n) is 11.0. The first kappa shape index (κ1) is 81.5. The van der Waals surface area contributed by atoms with E-state index in [1.54, 1.807) is 0 Å². The van der Waals surface area contributed by atoms with Crippen LogP contribution < -0.4 is 5.11 Å². The molecule has 0 saturated heterocycles. The highest BCUT2D eigenvalue weighted by Gasteiger charge is 2.22. The van der Waals surface area contributed by atoms with E-state index >= 15 is 0 Å². The maximum Gasteiger partial charge on any atom is 0.306 e. The van der Waals surface area contributed by atoms with E-state index in [-0.39, 0.29) is 32.2 Å². The third-order valence-electron chi connectivity index (χ3n) is 16.6. The number of carboxylic acids is 1. The zero-order chi connectivity index (χ0) is 61.2. The Balaban J connectivity index is 4.02. The lowest BCUT2D eigenvalue weighted by molar-refractivity contribution is -0.870. The molecule has 0 aromatic rings. The van der Waals surface area contributed by atoms with Crippen LogP contribution in [0.5, 0.6) is 0 Å². The van der Waals surface area contributed by atoms with Gasteiger partial charge in [0.05, 0.1) is 40.3 Å². The van der Waals surface area contributed by atoms with Crippen LogP contribution >= 0.6 is 0 Å². The largest absolute Gasteiger partial charge is 0.545 e. The maximum atomic E-state index is 12.9. The van der Waals surface area contributed by atoms with Gasteiger partial charge in [-0.2, -0.15) is 0 Å². The molecule has 0 N–H and O–H groups in total. The van der Waals surface area contributed by atoms with E-state index in [1.807, 2.05) is 21.1 Å². The summed E-state index contributed by atoms with van der Waals surface area (Å²) in [7, 11) is 5.94. The zero-order valence-corrected chi connectivity index (χ0v) is 56.6. The predicted octanol–water partition coefficient (Wildman–Crippen LogP) is 21.4. The lowest BCUT2D eigenvalue weighted by Crippen LogP contribution is -2.44. The number of unbranched alkanes of at least 4 members (excludes halogenated alkanes) is 48. The fourth-order valence-corrected chi connectivity index (χ4v) is 11.0. The first-order valence-electron chi connectivity index (χ1n) is 36.6. The lowest BCUT2D eigenvalue weighted by atomic mass is 10.0. The summed E-state index contributed by atoms with van der Waals surface area (Å²) in [5, 5.41) is 11.8. The summed E-state index contributed by atoms with van der Waals surface area (Å²) in [6, 6.07) is 0. The standard InChI is InChI=1S/C75H141NO8/c1-6-8-10-12-14-16-18-20-22-24-26-28-30-32-33-34-35-36-37-38-39-40-42-43-45-47-49-51-53-55-57-59-61-63-65-72(77)82-69-71(70-83-75(74(79)80)81-68-67-76(3,4)5)84-73(78)66-64-62-60-58-56-54-52-50-48-46-44-41-31-29-27-25-23-21-19-17-15-13-11-9-7-2/h19,21,25,27,31,41,71,75H,6-18,20,22-24,26,28-30,32-40,42-70H2,1-5H3/b21-19-,27-25-,41-31-. The smallest absolute Gasteiger partial charge is 0.306 e.